The largest absolute Gasteiger partial charge is 0.206 e. The van der Waals surface area contributed by atoms with E-state index in [1.165, 1.54) is 5.56 Å². The average Bonchev–Trinajstić information content (AvgIpc) is 2.65. The summed E-state index contributed by atoms with van der Waals surface area (Å²) in [5.41, 5.74) is 4.38. The standard InChI is InChI=1S/C24H20N/c1-25-19-23(15-9-8-14-21-10-4-2-5-11-21)18-24(20-25)17-16-22-12-6-3-7-13-22/h2-7,10-13,18-20H,9,15H2,1H3/q+1. The van der Waals surface area contributed by atoms with Crippen molar-refractivity contribution >= 4 is 0 Å². The third-order valence-electron chi connectivity index (χ3n) is 3.72. The molecule has 0 saturated carbocycles. The maximum atomic E-state index is 3.25. The Hall–Kier alpha value is -3.29. The molecule has 1 heteroatoms. The number of hydrogen-bond acceptors (Lipinski definition) is 0. The second-order valence-electron chi connectivity index (χ2n) is 5.88. The number of benzene rings is 2. The van der Waals surface area contributed by atoms with Gasteiger partial charge in [0.05, 0.1) is 5.56 Å². The number of aryl methyl sites for hydroxylation is 2. The highest BCUT2D eigenvalue weighted by atomic mass is 14.9. The van der Waals surface area contributed by atoms with Crippen molar-refractivity contribution in [3.05, 3.63) is 101 Å². The van der Waals surface area contributed by atoms with Gasteiger partial charge in [0.15, 0.2) is 12.4 Å². The molecule has 3 aromatic rings. The summed E-state index contributed by atoms with van der Waals surface area (Å²) < 4.78 is 2.06. The van der Waals surface area contributed by atoms with Crippen LogP contribution in [0.15, 0.2) is 79.1 Å². The predicted octanol–water partition coefficient (Wildman–Crippen LogP) is 3.90. The molecular formula is C24H20N+. The van der Waals surface area contributed by atoms with Crippen molar-refractivity contribution in [3.8, 4) is 23.7 Å². The Morgan fingerprint density at radius 1 is 0.720 bits per heavy atom. The fourth-order valence-electron chi connectivity index (χ4n) is 2.56. The Kier molecular flexibility index (Phi) is 5.65. The Balaban J connectivity index is 1.68. The highest BCUT2D eigenvalue weighted by Crippen LogP contribution is 2.04. The van der Waals surface area contributed by atoms with E-state index >= 15 is 0 Å². The highest BCUT2D eigenvalue weighted by Gasteiger charge is 2.02. The monoisotopic (exact) mass is 322 g/mol. The molecule has 0 atom stereocenters. The van der Waals surface area contributed by atoms with Gasteiger partial charge in [-0.1, -0.05) is 60.1 Å². The van der Waals surface area contributed by atoms with E-state index in [9.17, 15) is 0 Å². The normalized spacial score (nSPS) is 9.48. The molecule has 1 heterocycles. The topological polar surface area (TPSA) is 3.88 Å². The molecule has 0 aliphatic rings. The van der Waals surface area contributed by atoms with Crippen molar-refractivity contribution < 1.29 is 4.57 Å². The molecule has 0 bridgehead atoms. The van der Waals surface area contributed by atoms with Crippen molar-refractivity contribution in [1.82, 2.24) is 0 Å². The number of rotatable bonds is 2. The van der Waals surface area contributed by atoms with E-state index in [4.69, 9.17) is 0 Å². The summed E-state index contributed by atoms with van der Waals surface area (Å²) in [4.78, 5) is 0. The first-order valence-corrected chi connectivity index (χ1v) is 8.40. The van der Waals surface area contributed by atoms with Gasteiger partial charge in [0.25, 0.3) is 0 Å². The summed E-state index contributed by atoms with van der Waals surface area (Å²) in [6.07, 6.45) is 5.95. The fraction of sp³-hybridized carbons (Fsp3) is 0.125. The maximum Gasteiger partial charge on any atom is 0.184 e. The summed E-state index contributed by atoms with van der Waals surface area (Å²) >= 11 is 0. The number of aromatic nitrogens is 1. The Labute approximate surface area is 150 Å². The van der Waals surface area contributed by atoms with Crippen LogP contribution in [0.1, 0.15) is 28.7 Å². The Bertz CT molecular complexity index is 949. The molecule has 0 amide bonds. The van der Waals surface area contributed by atoms with Crippen molar-refractivity contribution in [2.45, 2.75) is 12.8 Å². The van der Waals surface area contributed by atoms with E-state index < -0.39 is 0 Å². The smallest absolute Gasteiger partial charge is 0.184 e. The van der Waals surface area contributed by atoms with Gasteiger partial charge in [-0.3, -0.25) is 0 Å². The van der Waals surface area contributed by atoms with Crippen molar-refractivity contribution in [3.63, 3.8) is 0 Å². The fourth-order valence-corrected chi connectivity index (χ4v) is 2.56. The lowest BCUT2D eigenvalue weighted by atomic mass is 10.1. The summed E-state index contributed by atoms with van der Waals surface area (Å²) in [6, 6.07) is 22.3. The van der Waals surface area contributed by atoms with Gasteiger partial charge < -0.3 is 0 Å². The van der Waals surface area contributed by atoms with Gasteiger partial charge in [-0.15, -0.1) is 0 Å². The zero-order chi connectivity index (χ0) is 17.3. The first-order chi connectivity index (χ1) is 12.3. The Morgan fingerprint density at radius 2 is 1.32 bits per heavy atom. The molecular weight excluding hydrogens is 302 g/mol. The van der Waals surface area contributed by atoms with Crippen molar-refractivity contribution in [2.75, 3.05) is 0 Å². The molecule has 3 rings (SSSR count). The molecule has 25 heavy (non-hydrogen) atoms. The van der Waals surface area contributed by atoms with Crippen LogP contribution in [0.5, 0.6) is 0 Å². The summed E-state index contributed by atoms with van der Waals surface area (Å²) in [6.45, 7) is 0. The van der Waals surface area contributed by atoms with Crippen LogP contribution < -0.4 is 4.57 Å². The first kappa shape index (κ1) is 16.6. The minimum atomic E-state index is 0.838. The molecule has 1 nitrogen and oxygen atoms in total. The van der Waals surface area contributed by atoms with Crippen LogP contribution in [0.4, 0.5) is 0 Å². The molecule has 0 N–H and O–H groups in total. The van der Waals surface area contributed by atoms with E-state index in [0.717, 1.165) is 29.5 Å². The second kappa shape index (κ2) is 8.53. The van der Waals surface area contributed by atoms with E-state index in [1.807, 2.05) is 67.7 Å². The minimum Gasteiger partial charge on any atom is -0.206 e. The SMILES string of the molecule is C[n+]1cc(C#Cc2ccccc2)cc(CCC#Cc2ccccc2)c1. The molecule has 1 aromatic heterocycles. The average molecular weight is 322 g/mol. The molecule has 0 aliphatic heterocycles. The van der Waals surface area contributed by atoms with Crippen LogP contribution in [0.3, 0.4) is 0 Å². The van der Waals surface area contributed by atoms with E-state index in [1.54, 1.807) is 0 Å². The molecule has 0 spiro atoms. The molecule has 0 radical (unpaired) electrons. The third kappa shape index (κ3) is 5.38. The molecule has 0 unspecified atom stereocenters. The van der Waals surface area contributed by atoms with Gasteiger partial charge in [0.1, 0.15) is 7.05 Å². The van der Waals surface area contributed by atoms with Crippen LogP contribution in [0, 0.1) is 23.7 Å². The van der Waals surface area contributed by atoms with Gasteiger partial charge >= 0.3 is 0 Å². The quantitative estimate of drug-likeness (QED) is 0.498. The van der Waals surface area contributed by atoms with Gasteiger partial charge in [-0.25, -0.2) is 4.57 Å². The number of nitrogens with zero attached hydrogens (tertiary/aromatic N) is 1. The minimum absolute atomic E-state index is 0.838. The third-order valence-corrected chi connectivity index (χ3v) is 3.72. The zero-order valence-electron chi connectivity index (χ0n) is 14.4. The summed E-state index contributed by atoms with van der Waals surface area (Å²) in [7, 11) is 2.03. The van der Waals surface area contributed by atoms with Crippen LogP contribution in [-0.4, -0.2) is 0 Å². The molecule has 120 valence electrons. The number of hydrogen-bond donors (Lipinski definition) is 0. The summed E-state index contributed by atoms with van der Waals surface area (Å²) in [5.74, 6) is 12.9. The zero-order valence-corrected chi connectivity index (χ0v) is 14.4. The summed E-state index contributed by atoms with van der Waals surface area (Å²) in [5, 5.41) is 0. The van der Waals surface area contributed by atoms with Crippen molar-refractivity contribution in [2.24, 2.45) is 7.05 Å². The van der Waals surface area contributed by atoms with E-state index in [0.29, 0.717) is 0 Å². The lowest BCUT2D eigenvalue weighted by Crippen LogP contribution is -2.28. The molecule has 0 fully saturated rings. The lowest BCUT2D eigenvalue weighted by Gasteiger charge is -1.97. The maximum absolute atomic E-state index is 3.25. The van der Waals surface area contributed by atoms with Crippen LogP contribution in [-0.2, 0) is 13.5 Å². The first-order valence-electron chi connectivity index (χ1n) is 8.40. The lowest BCUT2D eigenvalue weighted by molar-refractivity contribution is -0.672. The second-order valence-corrected chi connectivity index (χ2v) is 5.88. The van der Waals surface area contributed by atoms with Gasteiger partial charge in [-0.05, 0) is 36.8 Å². The van der Waals surface area contributed by atoms with Crippen molar-refractivity contribution in [1.29, 1.82) is 0 Å². The number of pyridine rings is 1. The van der Waals surface area contributed by atoms with Gasteiger partial charge in [-0.2, -0.15) is 0 Å². The van der Waals surface area contributed by atoms with Crippen LogP contribution in [0.25, 0.3) is 0 Å². The Morgan fingerprint density at radius 3 is 2.00 bits per heavy atom. The van der Waals surface area contributed by atoms with Gasteiger partial charge in [0.2, 0.25) is 0 Å². The predicted molar refractivity (Wildman–Crippen MR) is 102 cm³/mol. The van der Waals surface area contributed by atoms with Crippen LogP contribution >= 0.6 is 0 Å². The molecule has 2 aromatic carbocycles. The van der Waals surface area contributed by atoms with E-state index in [-0.39, 0.29) is 0 Å². The highest BCUT2D eigenvalue weighted by molar-refractivity contribution is 5.42. The van der Waals surface area contributed by atoms with E-state index in [2.05, 4.69) is 46.7 Å². The molecule has 0 saturated heterocycles. The van der Waals surface area contributed by atoms with Gasteiger partial charge in [0, 0.05) is 23.1 Å². The molecule has 0 aliphatic carbocycles. The van der Waals surface area contributed by atoms with Crippen LogP contribution in [0.2, 0.25) is 0 Å².